The van der Waals surface area contributed by atoms with E-state index in [4.69, 9.17) is 4.84 Å². The highest BCUT2D eigenvalue weighted by Gasteiger charge is 2.24. The van der Waals surface area contributed by atoms with Gasteiger partial charge in [0.1, 0.15) is 0 Å². The fourth-order valence-corrected chi connectivity index (χ4v) is 2.26. The summed E-state index contributed by atoms with van der Waals surface area (Å²) < 4.78 is 0. The Hall–Kier alpha value is -2.68. The summed E-state index contributed by atoms with van der Waals surface area (Å²) in [5.74, 6) is -0.373. The summed E-state index contributed by atoms with van der Waals surface area (Å²) in [5, 5.41) is 3.91. The van der Waals surface area contributed by atoms with Gasteiger partial charge in [-0.1, -0.05) is 65.8 Å². The van der Waals surface area contributed by atoms with Crippen molar-refractivity contribution in [3.8, 4) is 0 Å². The fraction of sp³-hybridized carbons (Fsp3) is 0.111. The molecule has 0 radical (unpaired) electrons. The quantitative estimate of drug-likeness (QED) is 0.632. The Kier molecular flexibility index (Phi) is 3.92. The van der Waals surface area contributed by atoms with Crippen molar-refractivity contribution in [3.05, 3.63) is 77.4 Å². The molecule has 0 fully saturated rings. The van der Waals surface area contributed by atoms with Crippen LogP contribution in [0.2, 0.25) is 0 Å². The molecule has 0 bridgehead atoms. The number of carbonyl (C=O) groups is 1. The topological polar surface area (TPSA) is 38.7 Å². The second-order valence-electron chi connectivity index (χ2n) is 4.87. The summed E-state index contributed by atoms with van der Waals surface area (Å²) in [4.78, 5) is 16.6. The SMILES string of the molecule is O=C1ON=C(CCc2ccccc2)/C1=C/c1ccccc1. The van der Waals surface area contributed by atoms with E-state index in [0.29, 0.717) is 17.7 Å². The van der Waals surface area contributed by atoms with Gasteiger partial charge in [-0.2, -0.15) is 0 Å². The van der Waals surface area contributed by atoms with Crippen molar-refractivity contribution in [2.24, 2.45) is 5.16 Å². The molecule has 0 saturated carbocycles. The minimum Gasteiger partial charge on any atom is -0.312 e. The Bertz CT molecular complexity index is 688. The lowest BCUT2D eigenvalue weighted by atomic mass is 10.0. The Labute approximate surface area is 123 Å². The normalized spacial score (nSPS) is 15.9. The molecule has 0 saturated heterocycles. The minimum atomic E-state index is -0.373. The first kappa shape index (κ1) is 13.3. The van der Waals surface area contributed by atoms with Crippen molar-refractivity contribution in [2.75, 3.05) is 0 Å². The standard InChI is InChI=1S/C18H15NO2/c20-18-16(13-15-9-5-2-6-10-15)17(19-21-18)12-11-14-7-3-1-4-8-14/h1-10,13H,11-12H2/b16-13-. The molecular weight excluding hydrogens is 262 g/mol. The van der Waals surface area contributed by atoms with Crippen molar-refractivity contribution < 1.29 is 9.63 Å². The number of rotatable bonds is 4. The van der Waals surface area contributed by atoms with Crippen molar-refractivity contribution in [1.82, 2.24) is 0 Å². The average molecular weight is 277 g/mol. The van der Waals surface area contributed by atoms with E-state index in [1.807, 2.05) is 54.6 Å². The molecule has 0 spiro atoms. The molecule has 0 aromatic heterocycles. The number of hydrogen-bond donors (Lipinski definition) is 0. The lowest BCUT2D eigenvalue weighted by molar-refractivity contribution is -0.136. The summed E-state index contributed by atoms with van der Waals surface area (Å²) in [6.07, 6.45) is 3.36. The maximum Gasteiger partial charge on any atom is 0.367 e. The van der Waals surface area contributed by atoms with Crippen molar-refractivity contribution in [3.63, 3.8) is 0 Å². The summed E-state index contributed by atoms with van der Waals surface area (Å²) in [7, 11) is 0. The Balaban J connectivity index is 1.75. The molecule has 1 aliphatic heterocycles. The summed E-state index contributed by atoms with van der Waals surface area (Å²) in [5.41, 5.74) is 3.46. The second-order valence-corrected chi connectivity index (χ2v) is 4.87. The van der Waals surface area contributed by atoms with E-state index in [-0.39, 0.29) is 5.97 Å². The van der Waals surface area contributed by atoms with Crippen LogP contribution in [0.1, 0.15) is 17.5 Å². The van der Waals surface area contributed by atoms with Crippen LogP contribution in [0.5, 0.6) is 0 Å². The largest absolute Gasteiger partial charge is 0.367 e. The average Bonchev–Trinajstić information content (AvgIpc) is 2.88. The predicted molar refractivity (Wildman–Crippen MR) is 82.7 cm³/mol. The molecule has 21 heavy (non-hydrogen) atoms. The Morgan fingerprint density at radius 3 is 2.29 bits per heavy atom. The van der Waals surface area contributed by atoms with Crippen molar-refractivity contribution >= 4 is 17.8 Å². The zero-order valence-electron chi connectivity index (χ0n) is 11.5. The summed E-state index contributed by atoms with van der Waals surface area (Å²) in [6.45, 7) is 0. The highest BCUT2D eigenvalue weighted by Crippen LogP contribution is 2.19. The van der Waals surface area contributed by atoms with Gasteiger partial charge >= 0.3 is 5.97 Å². The van der Waals surface area contributed by atoms with E-state index in [1.54, 1.807) is 0 Å². The van der Waals surface area contributed by atoms with Crippen LogP contribution in [0.4, 0.5) is 0 Å². The third-order valence-electron chi connectivity index (χ3n) is 3.37. The van der Waals surface area contributed by atoms with Crippen LogP contribution < -0.4 is 0 Å². The molecule has 2 aromatic carbocycles. The van der Waals surface area contributed by atoms with Crippen LogP contribution in [-0.4, -0.2) is 11.7 Å². The molecule has 3 rings (SSSR count). The summed E-state index contributed by atoms with van der Waals surface area (Å²) >= 11 is 0. The van der Waals surface area contributed by atoms with E-state index in [9.17, 15) is 4.79 Å². The highest BCUT2D eigenvalue weighted by molar-refractivity contribution is 6.25. The number of benzene rings is 2. The van der Waals surface area contributed by atoms with Gasteiger partial charge in [-0.25, -0.2) is 4.79 Å². The second kappa shape index (κ2) is 6.18. The van der Waals surface area contributed by atoms with Gasteiger partial charge in [0, 0.05) is 0 Å². The lowest BCUT2D eigenvalue weighted by Crippen LogP contribution is -2.06. The number of aryl methyl sites for hydroxylation is 1. The molecule has 2 aromatic rings. The Morgan fingerprint density at radius 1 is 0.905 bits per heavy atom. The van der Waals surface area contributed by atoms with Crippen molar-refractivity contribution in [1.29, 1.82) is 0 Å². The number of nitrogens with zero attached hydrogens (tertiary/aromatic N) is 1. The molecule has 3 heteroatoms. The van der Waals surface area contributed by atoms with Gasteiger partial charge in [-0.15, -0.1) is 0 Å². The first-order chi connectivity index (χ1) is 10.3. The third-order valence-corrected chi connectivity index (χ3v) is 3.37. The lowest BCUT2D eigenvalue weighted by Gasteiger charge is -2.01. The van der Waals surface area contributed by atoms with Gasteiger partial charge in [0.2, 0.25) is 0 Å². The molecule has 1 aliphatic rings. The molecule has 0 amide bonds. The van der Waals surface area contributed by atoms with E-state index in [2.05, 4.69) is 17.3 Å². The van der Waals surface area contributed by atoms with E-state index < -0.39 is 0 Å². The zero-order valence-corrected chi connectivity index (χ0v) is 11.5. The van der Waals surface area contributed by atoms with Gasteiger partial charge in [0.15, 0.2) is 0 Å². The number of carbonyl (C=O) groups excluding carboxylic acids is 1. The van der Waals surface area contributed by atoms with E-state index in [1.165, 1.54) is 5.56 Å². The minimum absolute atomic E-state index is 0.373. The van der Waals surface area contributed by atoms with Crippen LogP contribution in [0.15, 0.2) is 71.4 Å². The maximum atomic E-state index is 11.8. The molecule has 0 unspecified atom stereocenters. The van der Waals surface area contributed by atoms with Crippen LogP contribution >= 0.6 is 0 Å². The molecule has 1 heterocycles. The number of hydrogen-bond acceptors (Lipinski definition) is 3. The van der Waals surface area contributed by atoms with E-state index >= 15 is 0 Å². The first-order valence-electron chi connectivity index (χ1n) is 6.92. The Morgan fingerprint density at radius 2 is 1.57 bits per heavy atom. The third kappa shape index (κ3) is 3.26. The van der Waals surface area contributed by atoms with Crippen molar-refractivity contribution in [2.45, 2.75) is 12.8 Å². The van der Waals surface area contributed by atoms with Crippen LogP contribution in [0, 0.1) is 0 Å². The predicted octanol–water partition coefficient (Wildman–Crippen LogP) is 3.62. The molecule has 3 nitrogen and oxygen atoms in total. The molecular formula is C18H15NO2. The molecule has 0 aliphatic carbocycles. The first-order valence-corrected chi connectivity index (χ1v) is 6.92. The van der Waals surface area contributed by atoms with Gasteiger partial charge in [0.05, 0.1) is 11.3 Å². The number of oxime groups is 1. The van der Waals surface area contributed by atoms with Gasteiger partial charge < -0.3 is 4.84 Å². The van der Waals surface area contributed by atoms with Gasteiger partial charge in [0.25, 0.3) is 0 Å². The van der Waals surface area contributed by atoms with Crippen LogP contribution in [-0.2, 0) is 16.1 Å². The smallest absolute Gasteiger partial charge is 0.312 e. The monoisotopic (exact) mass is 277 g/mol. The fourth-order valence-electron chi connectivity index (χ4n) is 2.26. The highest BCUT2D eigenvalue weighted by atomic mass is 16.7. The molecule has 0 atom stereocenters. The zero-order chi connectivity index (χ0) is 14.5. The van der Waals surface area contributed by atoms with Crippen LogP contribution in [0.3, 0.4) is 0 Å². The molecule has 0 N–H and O–H groups in total. The van der Waals surface area contributed by atoms with Crippen LogP contribution in [0.25, 0.3) is 6.08 Å². The summed E-state index contributed by atoms with van der Waals surface area (Å²) in [6, 6.07) is 19.9. The van der Waals surface area contributed by atoms with E-state index in [0.717, 1.165) is 12.0 Å². The van der Waals surface area contributed by atoms with Gasteiger partial charge in [-0.3, -0.25) is 0 Å². The van der Waals surface area contributed by atoms with Gasteiger partial charge in [-0.05, 0) is 30.0 Å². The maximum absolute atomic E-state index is 11.8. The molecule has 104 valence electrons.